The zero-order valence-corrected chi connectivity index (χ0v) is 15.4. The van der Waals surface area contributed by atoms with Crippen LogP contribution in [0.25, 0.3) is 0 Å². The highest BCUT2D eigenvalue weighted by molar-refractivity contribution is 7.13. The van der Waals surface area contributed by atoms with E-state index in [0.29, 0.717) is 22.2 Å². The first-order valence-corrected chi connectivity index (χ1v) is 9.37. The Bertz CT molecular complexity index is 667. The van der Waals surface area contributed by atoms with Crippen LogP contribution in [-0.2, 0) is 4.79 Å². The highest BCUT2D eigenvalue weighted by Crippen LogP contribution is 2.29. The molecule has 1 aromatic heterocycles. The van der Waals surface area contributed by atoms with Gasteiger partial charge in [-0.2, -0.15) is 0 Å². The summed E-state index contributed by atoms with van der Waals surface area (Å²) in [5.41, 5.74) is 0.486. The maximum atomic E-state index is 12.1. The Kier molecular flexibility index (Phi) is 5.94. The lowest BCUT2D eigenvalue weighted by atomic mass is 10.2. The molecule has 8 heteroatoms. The number of aromatic nitrogens is 1. The first-order valence-electron chi connectivity index (χ1n) is 7.74. The number of hydrogen-bond acceptors (Lipinski definition) is 5. The molecule has 1 N–H and O–H groups in total. The van der Waals surface area contributed by atoms with Gasteiger partial charge in [-0.1, -0.05) is 29.3 Å². The Labute approximate surface area is 155 Å². The number of rotatable bonds is 5. The van der Waals surface area contributed by atoms with Crippen molar-refractivity contribution in [2.24, 2.45) is 0 Å². The lowest BCUT2D eigenvalue weighted by Crippen LogP contribution is -2.47. The van der Waals surface area contributed by atoms with Crippen molar-refractivity contribution in [2.75, 3.05) is 42.9 Å². The Morgan fingerprint density at radius 1 is 1.21 bits per heavy atom. The van der Waals surface area contributed by atoms with Crippen LogP contribution in [0.2, 0.25) is 10.0 Å². The standard InChI is InChI=1S/C16H18Cl2N4OS/c17-12-2-1-3-13(18)15(12)20-14(23)4-6-21-7-9-22(10-8-21)16-19-5-11-24-16/h1-3,5,11H,4,6-10H2,(H,20,23). The molecule has 1 amide bonds. The van der Waals surface area contributed by atoms with Crippen LogP contribution in [0.1, 0.15) is 6.42 Å². The summed E-state index contributed by atoms with van der Waals surface area (Å²) in [6.07, 6.45) is 2.25. The summed E-state index contributed by atoms with van der Waals surface area (Å²) >= 11 is 13.8. The average molecular weight is 385 g/mol. The van der Waals surface area contributed by atoms with Crippen LogP contribution in [0.3, 0.4) is 0 Å². The van der Waals surface area contributed by atoms with Crippen molar-refractivity contribution in [3.8, 4) is 0 Å². The number of thiazole rings is 1. The molecule has 24 heavy (non-hydrogen) atoms. The van der Waals surface area contributed by atoms with Crippen molar-refractivity contribution in [3.05, 3.63) is 39.8 Å². The minimum Gasteiger partial charge on any atom is -0.346 e. The Hall–Kier alpha value is -1.34. The number of carbonyl (C=O) groups excluding carboxylic acids is 1. The number of piperazine rings is 1. The summed E-state index contributed by atoms with van der Waals surface area (Å²) in [6, 6.07) is 5.17. The van der Waals surface area contributed by atoms with Gasteiger partial charge in [0.05, 0.1) is 15.7 Å². The zero-order valence-electron chi connectivity index (χ0n) is 13.0. The van der Waals surface area contributed by atoms with Gasteiger partial charge in [0.25, 0.3) is 0 Å². The number of benzene rings is 1. The molecule has 5 nitrogen and oxygen atoms in total. The quantitative estimate of drug-likeness (QED) is 0.855. The van der Waals surface area contributed by atoms with Gasteiger partial charge >= 0.3 is 0 Å². The summed E-state index contributed by atoms with van der Waals surface area (Å²) < 4.78 is 0. The summed E-state index contributed by atoms with van der Waals surface area (Å²) in [6.45, 7) is 4.45. The minimum absolute atomic E-state index is 0.0765. The van der Waals surface area contributed by atoms with Crippen LogP contribution in [0, 0.1) is 0 Å². The molecule has 1 aromatic carbocycles. The first kappa shape index (κ1) is 17.5. The number of halogens is 2. The lowest BCUT2D eigenvalue weighted by Gasteiger charge is -2.34. The van der Waals surface area contributed by atoms with E-state index in [2.05, 4.69) is 20.1 Å². The van der Waals surface area contributed by atoms with Crippen LogP contribution in [0.4, 0.5) is 10.8 Å². The van der Waals surface area contributed by atoms with Crippen molar-refractivity contribution < 1.29 is 4.79 Å². The number of nitrogens with one attached hydrogen (secondary N) is 1. The minimum atomic E-state index is -0.0765. The summed E-state index contributed by atoms with van der Waals surface area (Å²) in [5, 5.41) is 6.77. The third-order valence-corrected chi connectivity index (χ3v) is 5.41. The van der Waals surface area contributed by atoms with Gasteiger partial charge in [0, 0.05) is 50.7 Å². The summed E-state index contributed by atoms with van der Waals surface area (Å²) in [5.74, 6) is -0.0765. The third kappa shape index (κ3) is 4.39. The molecule has 0 radical (unpaired) electrons. The topological polar surface area (TPSA) is 48.5 Å². The Morgan fingerprint density at radius 2 is 1.92 bits per heavy atom. The van der Waals surface area contributed by atoms with Crippen LogP contribution >= 0.6 is 34.5 Å². The van der Waals surface area contributed by atoms with E-state index in [1.165, 1.54) is 0 Å². The van der Waals surface area contributed by atoms with Crippen LogP contribution in [0.5, 0.6) is 0 Å². The molecule has 0 atom stereocenters. The first-order chi connectivity index (χ1) is 11.6. The lowest BCUT2D eigenvalue weighted by molar-refractivity contribution is -0.116. The highest BCUT2D eigenvalue weighted by Gasteiger charge is 2.19. The summed E-state index contributed by atoms with van der Waals surface area (Å²) in [4.78, 5) is 21.0. The zero-order chi connectivity index (χ0) is 16.9. The van der Waals surface area contributed by atoms with E-state index in [4.69, 9.17) is 23.2 Å². The fraction of sp³-hybridized carbons (Fsp3) is 0.375. The number of amides is 1. The van der Waals surface area contributed by atoms with Crippen molar-refractivity contribution in [1.29, 1.82) is 0 Å². The smallest absolute Gasteiger partial charge is 0.225 e. The van der Waals surface area contributed by atoms with Gasteiger partial charge < -0.3 is 10.2 Å². The highest BCUT2D eigenvalue weighted by atomic mass is 35.5. The molecule has 128 valence electrons. The van der Waals surface area contributed by atoms with Gasteiger partial charge in [-0.05, 0) is 12.1 Å². The van der Waals surface area contributed by atoms with Gasteiger partial charge in [0.1, 0.15) is 0 Å². The van der Waals surface area contributed by atoms with Crippen molar-refractivity contribution in [2.45, 2.75) is 6.42 Å². The number of carbonyl (C=O) groups is 1. The molecule has 1 aliphatic heterocycles. The van der Waals surface area contributed by atoms with E-state index in [0.717, 1.165) is 37.9 Å². The second-order valence-electron chi connectivity index (χ2n) is 5.54. The van der Waals surface area contributed by atoms with Crippen LogP contribution in [0.15, 0.2) is 29.8 Å². The average Bonchev–Trinajstić information content (AvgIpc) is 3.11. The number of hydrogen-bond donors (Lipinski definition) is 1. The third-order valence-electron chi connectivity index (χ3n) is 3.94. The second-order valence-corrected chi connectivity index (χ2v) is 7.23. The molecular formula is C16H18Cl2N4OS. The normalized spacial score (nSPS) is 15.5. The molecular weight excluding hydrogens is 367 g/mol. The molecule has 1 aliphatic rings. The number of anilines is 2. The van der Waals surface area contributed by atoms with E-state index in [-0.39, 0.29) is 5.91 Å². The Balaban J connectivity index is 1.44. The monoisotopic (exact) mass is 384 g/mol. The molecule has 3 rings (SSSR count). The van der Waals surface area contributed by atoms with E-state index in [9.17, 15) is 4.79 Å². The fourth-order valence-corrected chi connectivity index (χ4v) is 3.80. The second kappa shape index (κ2) is 8.16. The van der Waals surface area contributed by atoms with E-state index in [1.54, 1.807) is 29.5 Å². The molecule has 0 aliphatic carbocycles. The van der Waals surface area contributed by atoms with Crippen LogP contribution in [-0.4, -0.2) is 48.5 Å². The largest absolute Gasteiger partial charge is 0.346 e. The molecule has 0 spiro atoms. The van der Waals surface area contributed by atoms with Gasteiger partial charge in [-0.15, -0.1) is 11.3 Å². The van der Waals surface area contributed by atoms with Crippen molar-refractivity contribution >= 4 is 51.3 Å². The van der Waals surface area contributed by atoms with E-state index in [1.807, 2.05) is 11.6 Å². The summed E-state index contributed by atoms with van der Waals surface area (Å²) in [7, 11) is 0. The Morgan fingerprint density at radius 3 is 2.54 bits per heavy atom. The maximum absolute atomic E-state index is 12.1. The van der Waals surface area contributed by atoms with Gasteiger partial charge in [0.15, 0.2) is 5.13 Å². The van der Waals surface area contributed by atoms with E-state index >= 15 is 0 Å². The molecule has 2 heterocycles. The van der Waals surface area contributed by atoms with Gasteiger partial charge in [-0.3, -0.25) is 9.69 Å². The van der Waals surface area contributed by atoms with Crippen molar-refractivity contribution in [3.63, 3.8) is 0 Å². The molecule has 1 saturated heterocycles. The molecule has 2 aromatic rings. The number of nitrogens with zero attached hydrogens (tertiary/aromatic N) is 3. The van der Waals surface area contributed by atoms with Crippen molar-refractivity contribution in [1.82, 2.24) is 9.88 Å². The molecule has 1 fully saturated rings. The van der Waals surface area contributed by atoms with Gasteiger partial charge in [0.2, 0.25) is 5.91 Å². The molecule has 0 bridgehead atoms. The molecule has 0 saturated carbocycles. The predicted octanol–water partition coefficient (Wildman–Crippen LogP) is 3.60. The number of para-hydroxylation sites is 1. The van der Waals surface area contributed by atoms with E-state index < -0.39 is 0 Å². The SMILES string of the molecule is O=C(CCN1CCN(c2nccs2)CC1)Nc1c(Cl)cccc1Cl. The maximum Gasteiger partial charge on any atom is 0.225 e. The molecule has 0 unspecified atom stereocenters. The van der Waals surface area contributed by atoms with Gasteiger partial charge in [-0.25, -0.2) is 4.98 Å². The van der Waals surface area contributed by atoms with Crippen LogP contribution < -0.4 is 10.2 Å². The fourth-order valence-electron chi connectivity index (χ4n) is 2.61. The predicted molar refractivity (Wildman–Crippen MR) is 100 cm³/mol.